The molecule has 0 spiro atoms. The van der Waals surface area contributed by atoms with Gasteiger partial charge in [-0.2, -0.15) is 5.10 Å². The maximum atomic E-state index is 11.0. The molecule has 1 aromatic heterocycles. The summed E-state index contributed by atoms with van der Waals surface area (Å²) < 4.78 is 1.77. The SMILES string of the molecule is Cc1nn(C)cc1CNc1ccc(C(N)=O)cc1N. The number of nitrogen functional groups attached to an aromatic ring is 1. The van der Waals surface area contributed by atoms with E-state index < -0.39 is 5.91 Å². The van der Waals surface area contributed by atoms with Gasteiger partial charge in [-0.25, -0.2) is 0 Å². The minimum absolute atomic E-state index is 0.403. The van der Waals surface area contributed by atoms with E-state index in [0.29, 0.717) is 17.8 Å². The average molecular weight is 259 g/mol. The number of carbonyl (C=O) groups excluding carboxylic acids is 1. The number of nitrogens with two attached hydrogens (primary N) is 2. The van der Waals surface area contributed by atoms with E-state index in [1.807, 2.05) is 20.2 Å². The van der Waals surface area contributed by atoms with Crippen LogP contribution in [0.3, 0.4) is 0 Å². The molecule has 0 fully saturated rings. The number of primary amides is 1. The quantitative estimate of drug-likeness (QED) is 0.714. The maximum Gasteiger partial charge on any atom is 0.248 e. The molecule has 6 nitrogen and oxygen atoms in total. The molecule has 1 aromatic carbocycles. The molecule has 2 aromatic rings. The van der Waals surface area contributed by atoms with Gasteiger partial charge in [-0.1, -0.05) is 0 Å². The first-order chi connectivity index (χ1) is 8.97. The number of nitrogens with zero attached hydrogens (tertiary/aromatic N) is 2. The summed E-state index contributed by atoms with van der Waals surface area (Å²) in [5.41, 5.74) is 14.8. The molecule has 6 heteroatoms. The fraction of sp³-hybridized carbons (Fsp3) is 0.231. The third kappa shape index (κ3) is 2.85. The molecular formula is C13H17N5O. The Labute approximate surface area is 111 Å². The highest BCUT2D eigenvalue weighted by molar-refractivity contribution is 5.94. The number of carbonyl (C=O) groups is 1. The zero-order valence-corrected chi connectivity index (χ0v) is 11.0. The topological polar surface area (TPSA) is 99.0 Å². The summed E-state index contributed by atoms with van der Waals surface area (Å²) in [7, 11) is 1.88. The Balaban J connectivity index is 2.12. The molecule has 100 valence electrons. The molecular weight excluding hydrogens is 242 g/mol. The number of hydrogen-bond donors (Lipinski definition) is 3. The smallest absolute Gasteiger partial charge is 0.248 e. The second-order valence-corrected chi connectivity index (χ2v) is 4.43. The van der Waals surface area contributed by atoms with E-state index in [1.54, 1.807) is 22.9 Å². The van der Waals surface area contributed by atoms with E-state index in [4.69, 9.17) is 11.5 Å². The van der Waals surface area contributed by atoms with Gasteiger partial charge in [0.15, 0.2) is 0 Å². The molecule has 0 saturated carbocycles. The van der Waals surface area contributed by atoms with E-state index >= 15 is 0 Å². The molecule has 0 atom stereocenters. The van der Waals surface area contributed by atoms with Crippen molar-refractivity contribution in [2.45, 2.75) is 13.5 Å². The van der Waals surface area contributed by atoms with Crippen LogP contribution in [0.2, 0.25) is 0 Å². The highest BCUT2D eigenvalue weighted by atomic mass is 16.1. The average Bonchev–Trinajstić information content (AvgIpc) is 2.66. The van der Waals surface area contributed by atoms with Gasteiger partial charge in [-0.05, 0) is 25.1 Å². The van der Waals surface area contributed by atoms with E-state index in [9.17, 15) is 4.79 Å². The van der Waals surface area contributed by atoms with Crippen molar-refractivity contribution in [3.05, 3.63) is 41.2 Å². The van der Waals surface area contributed by atoms with Gasteiger partial charge >= 0.3 is 0 Å². The number of aromatic nitrogens is 2. The Morgan fingerprint density at radius 1 is 1.47 bits per heavy atom. The van der Waals surface area contributed by atoms with Crippen LogP contribution in [0.25, 0.3) is 0 Å². The van der Waals surface area contributed by atoms with Crippen LogP contribution in [0.1, 0.15) is 21.6 Å². The number of anilines is 2. The van der Waals surface area contributed by atoms with Crippen LogP contribution in [0, 0.1) is 6.92 Å². The normalized spacial score (nSPS) is 10.4. The number of rotatable bonds is 4. The van der Waals surface area contributed by atoms with Crippen molar-refractivity contribution in [1.82, 2.24) is 9.78 Å². The Kier molecular flexibility index (Phi) is 3.41. The molecule has 2 rings (SSSR count). The van der Waals surface area contributed by atoms with Gasteiger partial charge in [0.05, 0.1) is 17.1 Å². The lowest BCUT2D eigenvalue weighted by Crippen LogP contribution is -2.12. The van der Waals surface area contributed by atoms with E-state index in [0.717, 1.165) is 16.9 Å². The first-order valence-electron chi connectivity index (χ1n) is 5.89. The van der Waals surface area contributed by atoms with Crippen molar-refractivity contribution in [3.8, 4) is 0 Å². The summed E-state index contributed by atoms with van der Waals surface area (Å²) >= 11 is 0. The third-order valence-corrected chi connectivity index (χ3v) is 2.92. The summed E-state index contributed by atoms with van der Waals surface area (Å²) in [4.78, 5) is 11.0. The van der Waals surface area contributed by atoms with Crippen molar-refractivity contribution in [2.75, 3.05) is 11.1 Å². The molecule has 0 aliphatic rings. The summed E-state index contributed by atoms with van der Waals surface area (Å²) in [5, 5.41) is 7.49. The van der Waals surface area contributed by atoms with Gasteiger partial charge in [0.2, 0.25) is 5.91 Å². The van der Waals surface area contributed by atoms with E-state index in [2.05, 4.69) is 10.4 Å². The number of hydrogen-bond acceptors (Lipinski definition) is 4. The first kappa shape index (κ1) is 12.9. The largest absolute Gasteiger partial charge is 0.397 e. The lowest BCUT2D eigenvalue weighted by Gasteiger charge is -2.09. The van der Waals surface area contributed by atoms with Crippen LogP contribution in [-0.4, -0.2) is 15.7 Å². The molecule has 0 aliphatic heterocycles. The summed E-state index contributed by atoms with van der Waals surface area (Å²) in [6.07, 6.45) is 1.95. The number of benzene rings is 1. The fourth-order valence-corrected chi connectivity index (χ4v) is 1.89. The fourth-order valence-electron chi connectivity index (χ4n) is 1.89. The lowest BCUT2D eigenvalue weighted by atomic mass is 10.1. The summed E-state index contributed by atoms with van der Waals surface area (Å²) in [6.45, 7) is 2.58. The number of nitrogens with one attached hydrogen (secondary N) is 1. The molecule has 1 amide bonds. The Hall–Kier alpha value is -2.50. The molecule has 1 heterocycles. The minimum atomic E-state index is -0.485. The molecule has 19 heavy (non-hydrogen) atoms. The Morgan fingerprint density at radius 2 is 2.21 bits per heavy atom. The van der Waals surface area contributed by atoms with Crippen molar-refractivity contribution < 1.29 is 4.79 Å². The van der Waals surface area contributed by atoms with Crippen molar-refractivity contribution in [1.29, 1.82) is 0 Å². The van der Waals surface area contributed by atoms with E-state index in [1.165, 1.54) is 0 Å². The molecule has 0 aliphatic carbocycles. The number of aryl methyl sites for hydroxylation is 2. The lowest BCUT2D eigenvalue weighted by molar-refractivity contribution is 0.100. The second kappa shape index (κ2) is 5.01. The highest BCUT2D eigenvalue weighted by Crippen LogP contribution is 2.20. The van der Waals surface area contributed by atoms with Crippen LogP contribution in [0.4, 0.5) is 11.4 Å². The van der Waals surface area contributed by atoms with Crippen LogP contribution in [0.15, 0.2) is 24.4 Å². The van der Waals surface area contributed by atoms with Gasteiger partial charge in [0.1, 0.15) is 0 Å². The van der Waals surface area contributed by atoms with Gasteiger partial charge in [-0.3, -0.25) is 9.48 Å². The van der Waals surface area contributed by atoms with Gasteiger partial charge in [0, 0.05) is 30.9 Å². The molecule has 0 unspecified atom stereocenters. The van der Waals surface area contributed by atoms with E-state index in [-0.39, 0.29) is 0 Å². The standard InChI is InChI=1S/C13H17N5O/c1-8-10(7-18(2)17-8)6-16-12-4-3-9(13(15)19)5-11(12)14/h3-5,7,16H,6,14H2,1-2H3,(H2,15,19). The molecule has 0 saturated heterocycles. The van der Waals surface area contributed by atoms with Crippen molar-refractivity contribution >= 4 is 17.3 Å². The number of amides is 1. The third-order valence-electron chi connectivity index (χ3n) is 2.92. The van der Waals surface area contributed by atoms with Crippen LogP contribution < -0.4 is 16.8 Å². The van der Waals surface area contributed by atoms with Gasteiger partial charge in [0.25, 0.3) is 0 Å². The zero-order chi connectivity index (χ0) is 14.0. The molecule has 5 N–H and O–H groups in total. The van der Waals surface area contributed by atoms with Gasteiger partial charge in [-0.15, -0.1) is 0 Å². The highest BCUT2D eigenvalue weighted by Gasteiger charge is 2.06. The van der Waals surface area contributed by atoms with Crippen molar-refractivity contribution in [3.63, 3.8) is 0 Å². The summed E-state index contributed by atoms with van der Waals surface area (Å²) in [6, 6.07) is 4.97. The first-order valence-corrected chi connectivity index (χ1v) is 5.89. The monoisotopic (exact) mass is 259 g/mol. The predicted molar refractivity (Wildman–Crippen MR) is 74.6 cm³/mol. The maximum absolute atomic E-state index is 11.0. The Bertz CT molecular complexity index is 617. The molecule has 0 radical (unpaired) electrons. The molecule has 0 bridgehead atoms. The van der Waals surface area contributed by atoms with Crippen molar-refractivity contribution in [2.24, 2.45) is 12.8 Å². The Morgan fingerprint density at radius 3 is 2.74 bits per heavy atom. The predicted octanol–water partition coefficient (Wildman–Crippen LogP) is 1.02. The van der Waals surface area contributed by atoms with Crippen LogP contribution in [-0.2, 0) is 13.6 Å². The van der Waals surface area contributed by atoms with Gasteiger partial charge < -0.3 is 16.8 Å². The zero-order valence-electron chi connectivity index (χ0n) is 11.0. The van der Waals surface area contributed by atoms with Crippen LogP contribution >= 0.6 is 0 Å². The van der Waals surface area contributed by atoms with Crippen LogP contribution in [0.5, 0.6) is 0 Å². The minimum Gasteiger partial charge on any atom is -0.397 e. The summed E-state index contributed by atoms with van der Waals surface area (Å²) in [5.74, 6) is -0.485. The second-order valence-electron chi connectivity index (χ2n) is 4.43.